The summed E-state index contributed by atoms with van der Waals surface area (Å²) in [5.41, 5.74) is 1.35. The van der Waals surface area contributed by atoms with Gasteiger partial charge in [-0.3, -0.25) is 0 Å². The van der Waals surface area contributed by atoms with Crippen LogP contribution >= 0.6 is 39.1 Å². The predicted octanol–water partition coefficient (Wildman–Crippen LogP) is 6.32. The molecule has 0 atom stereocenters. The van der Waals surface area contributed by atoms with Gasteiger partial charge in [-0.25, -0.2) is 14.6 Å². The number of hydrogen-bond acceptors (Lipinski definition) is 5. The van der Waals surface area contributed by atoms with E-state index in [0.717, 1.165) is 4.47 Å². The average molecular weight is 517 g/mol. The molecule has 0 spiro atoms. The maximum Gasteiger partial charge on any atom is 0.363 e. The Balaban J connectivity index is 1.68. The maximum atomic E-state index is 12.5. The lowest BCUT2D eigenvalue weighted by atomic mass is 10.1. The minimum atomic E-state index is -0.652. The van der Waals surface area contributed by atoms with Gasteiger partial charge in [-0.2, -0.15) is 0 Å². The molecule has 0 aromatic heterocycles. The van der Waals surface area contributed by atoms with Crippen molar-refractivity contribution in [2.75, 3.05) is 0 Å². The lowest BCUT2D eigenvalue weighted by molar-refractivity contribution is -0.129. The van der Waals surface area contributed by atoms with Crippen molar-refractivity contribution < 1.29 is 19.1 Å². The van der Waals surface area contributed by atoms with Crippen LogP contribution in [0, 0.1) is 0 Å². The molecule has 154 valence electrons. The lowest BCUT2D eigenvalue weighted by Gasteiger charge is -2.08. The Labute approximate surface area is 196 Å². The van der Waals surface area contributed by atoms with Gasteiger partial charge in [-0.1, -0.05) is 57.3 Å². The number of esters is 2. The highest BCUT2D eigenvalue weighted by Crippen LogP contribution is 2.30. The maximum absolute atomic E-state index is 12.5. The van der Waals surface area contributed by atoms with Crippen LogP contribution in [0.5, 0.6) is 5.75 Å². The van der Waals surface area contributed by atoms with E-state index in [0.29, 0.717) is 26.7 Å². The topological polar surface area (TPSA) is 65.0 Å². The van der Waals surface area contributed by atoms with Gasteiger partial charge in [0.25, 0.3) is 0 Å². The molecule has 0 fully saturated rings. The number of cyclic esters (lactones) is 1. The smallest absolute Gasteiger partial charge is 0.363 e. The summed E-state index contributed by atoms with van der Waals surface area (Å²) in [6.45, 7) is 0. The van der Waals surface area contributed by atoms with E-state index in [-0.39, 0.29) is 17.3 Å². The number of halogens is 3. The molecular weight excluding hydrogens is 505 g/mol. The van der Waals surface area contributed by atoms with E-state index in [1.807, 2.05) is 0 Å². The van der Waals surface area contributed by atoms with E-state index in [4.69, 9.17) is 32.7 Å². The second-order valence-electron chi connectivity index (χ2n) is 6.40. The van der Waals surface area contributed by atoms with Gasteiger partial charge in [-0.15, -0.1) is 0 Å². The predicted molar refractivity (Wildman–Crippen MR) is 123 cm³/mol. The highest BCUT2D eigenvalue weighted by molar-refractivity contribution is 9.10. The molecule has 0 radical (unpaired) electrons. The Kier molecular flexibility index (Phi) is 6.23. The summed E-state index contributed by atoms with van der Waals surface area (Å²) in [6, 6.07) is 18.4. The van der Waals surface area contributed by atoms with Crippen molar-refractivity contribution >= 4 is 63.0 Å². The van der Waals surface area contributed by atoms with Gasteiger partial charge in [0.15, 0.2) is 5.70 Å². The van der Waals surface area contributed by atoms with Gasteiger partial charge >= 0.3 is 11.9 Å². The molecule has 0 unspecified atom stereocenters. The number of hydrogen-bond donors (Lipinski definition) is 0. The van der Waals surface area contributed by atoms with E-state index in [2.05, 4.69) is 20.9 Å². The Bertz CT molecular complexity index is 1260. The van der Waals surface area contributed by atoms with Crippen LogP contribution in [0.3, 0.4) is 0 Å². The van der Waals surface area contributed by atoms with E-state index in [9.17, 15) is 9.59 Å². The molecular formula is C23H12BrCl2NO4. The Morgan fingerprint density at radius 2 is 1.81 bits per heavy atom. The van der Waals surface area contributed by atoms with Crippen LogP contribution < -0.4 is 4.74 Å². The van der Waals surface area contributed by atoms with Gasteiger partial charge in [0.1, 0.15) is 5.75 Å². The fourth-order valence-corrected chi connectivity index (χ4v) is 3.66. The Morgan fingerprint density at radius 1 is 1.03 bits per heavy atom. The summed E-state index contributed by atoms with van der Waals surface area (Å²) in [7, 11) is 0. The van der Waals surface area contributed by atoms with Crippen molar-refractivity contribution in [1.29, 1.82) is 0 Å². The number of carbonyl (C=O) groups is 2. The zero-order valence-corrected chi connectivity index (χ0v) is 18.7. The Morgan fingerprint density at radius 3 is 2.55 bits per heavy atom. The number of carbonyl (C=O) groups excluding carboxylic acids is 2. The first-order valence-electron chi connectivity index (χ1n) is 8.95. The molecule has 0 bridgehead atoms. The second-order valence-corrected chi connectivity index (χ2v) is 8.16. The lowest BCUT2D eigenvalue weighted by Crippen LogP contribution is -2.09. The van der Waals surface area contributed by atoms with E-state index in [1.54, 1.807) is 60.7 Å². The van der Waals surface area contributed by atoms with E-state index < -0.39 is 11.9 Å². The van der Waals surface area contributed by atoms with Crippen molar-refractivity contribution in [3.8, 4) is 5.75 Å². The number of benzene rings is 3. The number of nitrogens with zero attached hydrogens (tertiary/aromatic N) is 1. The van der Waals surface area contributed by atoms with Gasteiger partial charge in [0, 0.05) is 15.1 Å². The third-order valence-corrected chi connectivity index (χ3v) is 5.30. The molecule has 0 amide bonds. The van der Waals surface area contributed by atoms with Crippen molar-refractivity contribution in [3.63, 3.8) is 0 Å². The largest absolute Gasteiger partial charge is 0.422 e. The standard InChI is InChI=1S/C23H12BrCl2NO4/c24-15-6-9-20(30-22(28)13-4-2-1-3-5-13)14(10-15)11-19-23(29)31-21(27-19)17-8-7-16(25)12-18(17)26/h1-12H/b19-11+. The van der Waals surface area contributed by atoms with Crippen LogP contribution in [0.4, 0.5) is 0 Å². The third-order valence-electron chi connectivity index (χ3n) is 4.26. The number of rotatable bonds is 4. The summed E-state index contributed by atoms with van der Waals surface area (Å²) in [5, 5.41) is 0.758. The van der Waals surface area contributed by atoms with Gasteiger partial charge in [-0.05, 0) is 54.6 Å². The van der Waals surface area contributed by atoms with Crippen molar-refractivity contribution in [1.82, 2.24) is 0 Å². The molecule has 0 saturated carbocycles. The molecule has 4 rings (SSSR count). The van der Waals surface area contributed by atoms with E-state index >= 15 is 0 Å². The molecule has 31 heavy (non-hydrogen) atoms. The normalized spacial score (nSPS) is 14.4. The third kappa shape index (κ3) is 4.88. The highest BCUT2D eigenvalue weighted by atomic mass is 79.9. The van der Waals surface area contributed by atoms with Crippen LogP contribution in [0.25, 0.3) is 6.08 Å². The molecule has 8 heteroatoms. The molecule has 3 aromatic rings. The summed E-state index contributed by atoms with van der Waals surface area (Å²) in [4.78, 5) is 29.1. The summed E-state index contributed by atoms with van der Waals surface area (Å²) in [5.74, 6) is -0.837. The summed E-state index contributed by atoms with van der Waals surface area (Å²) >= 11 is 15.5. The highest BCUT2D eigenvalue weighted by Gasteiger charge is 2.26. The first-order chi connectivity index (χ1) is 14.9. The van der Waals surface area contributed by atoms with Crippen LogP contribution in [-0.2, 0) is 9.53 Å². The fraction of sp³-hybridized carbons (Fsp3) is 0. The van der Waals surface area contributed by atoms with Gasteiger partial charge < -0.3 is 9.47 Å². The van der Waals surface area contributed by atoms with Gasteiger partial charge in [0.05, 0.1) is 16.1 Å². The zero-order chi connectivity index (χ0) is 22.0. The van der Waals surface area contributed by atoms with Crippen molar-refractivity contribution in [2.45, 2.75) is 0 Å². The second kappa shape index (κ2) is 9.06. The molecule has 0 saturated heterocycles. The molecule has 3 aromatic carbocycles. The van der Waals surface area contributed by atoms with Gasteiger partial charge in [0.2, 0.25) is 5.90 Å². The number of aliphatic imine (C=N–C) groups is 1. The molecule has 1 aliphatic rings. The van der Waals surface area contributed by atoms with Crippen molar-refractivity contribution in [3.05, 3.63) is 104 Å². The van der Waals surface area contributed by atoms with Crippen LogP contribution in [0.15, 0.2) is 81.9 Å². The zero-order valence-electron chi connectivity index (χ0n) is 15.6. The first-order valence-corrected chi connectivity index (χ1v) is 10.5. The Hall–Kier alpha value is -2.93. The SMILES string of the molecule is O=C1OC(c2ccc(Cl)cc2Cl)=N/C1=C/c1cc(Br)ccc1OC(=O)c1ccccc1. The molecule has 1 heterocycles. The molecule has 1 aliphatic heterocycles. The molecule has 0 N–H and O–H groups in total. The average Bonchev–Trinajstić information content (AvgIpc) is 3.10. The first kappa shape index (κ1) is 21.3. The summed E-state index contributed by atoms with van der Waals surface area (Å²) < 4.78 is 11.5. The number of ether oxygens (including phenoxy) is 2. The van der Waals surface area contributed by atoms with E-state index in [1.165, 1.54) is 12.1 Å². The quantitative estimate of drug-likeness (QED) is 0.231. The molecule has 5 nitrogen and oxygen atoms in total. The fourth-order valence-electron chi connectivity index (χ4n) is 2.79. The van der Waals surface area contributed by atoms with Crippen LogP contribution in [0.1, 0.15) is 21.5 Å². The van der Waals surface area contributed by atoms with Crippen molar-refractivity contribution in [2.24, 2.45) is 4.99 Å². The van der Waals surface area contributed by atoms with Crippen LogP contribution in [-0.4, -0.2) is 17.8 Å². The summed E-state index contributed by atoms with van der Waals surface area (Å²) in [6.07, 6.45) is 1.48. The monoisotopic (exact) mass is 515 g/mol. The molecule has 0 aliphatic carbocycles. The minimum absolute atomic E-state index is 0.0381. The minimum Gasteiger partial charge on any atom is -0.422 e. The van der Waals surface area contributed by atoms with Crippen LogP contribution in [0.2, 0.25) is 10.0 Å².